The van der Waals surface area contributed by atoms with Crippen molar-refractivity contribution in [1.29, 1.82) is 0 Å². The molecule has 1 amide bonds. The van der Waals surface area contributed by atoms with E-state index in [0.717, 1.165) is 59.5 Å². The molecule has 0 bridgehead atoms. The molecule has 0 saturated heterocycles. The summed E-state index contributed by atoms with van der Waals surface area (Å²) in [6.07, 6.45) is 7.56. The predicted octanol–water partition coefficient (Wildman–Crippen LogP) is 5.36. The van der Waals surface area contributed by atoms with E-state index in [9.17, 15) is 4.79 Å². The lowest BCUT2D eigenvalue weighted by atomic mass is 9.79. The van der Waals surface area contributed by atoms with Crippen molar-refractivity contribution in [2.24, 2.45) is 23.5 Å². The molecule has 0 spiro atoms. The molecule has 2 heterocycles. The summed E-state index contributed by atoms with van der Waals surface area (Å²) in [5.41, 5.74) is 11.6. The number of aryl methyl sites for hydroxylation is 1. The van der Waals surface area contributed by atoms with E-state index < -0.39 is 0 Å². The molecule has 2 saturated carbocycles. The molecule has 202 valence electrons. The zero-order valence-corrected chi connectivity index (χ0v) is 23.2. The third-order valence-electron chi connectivity index (χ3n) is 8.49. The van der Waals surface area contributed by atoms with Crippen molar-refractivity contribution in [2.75, 3.05) is 25.6 Å². The number of ether oxygens (including phenoxy) is 1. The van der Waals surface area contributed by atoms with Crippen LogP contribution in [0.1, 0.15) is 60.6 Å². The first-order valence-corrected chi connectivity index (χ1v) is 13.9. The Morgan fingerprint density at radius 3 is 2.71 bits per heavy atom. The number of anilines is 1. The molecule has 2 fully saturated rings. The summed E-state index contributed by atoms with van der Waals surface area (Å²) < 4.78 is 8.11. The van der Waals surface area contributed by atoms with Gasteiger partial charge in [-0.3, -0.25) is 4.79 Å². The van der Waals surface area contributed by atoms with Crippen LogP contribution in [0.2, 0.25) is 0 Å². The number of fused-ring (bicyclic) bond motifs is 1. The van der Waals surface area contributed by atoms with Crippen LogP contribution in [0.4, 0.5) is 5.69 Å². The van der Waals surface area contributed by atoms with E-state index >= 15 is 0 Å². The molecular formula is C31H41N5O2. The van der Waals surface area contributed by atoms with E-state index in [1.54, 1.807) is 7.11 Å². The topological polar surface area (TPSA) is 85.4 Å². The average molecular weight is 516 g/mol. The monoisotopic (exact) mass is 515 g/mol. The van der Waals surface area contributed by atoms with Gasteiger partial charge < -0.3 is 25.3 Å². The molecule has 38 heavy (non-hydrogen) atoms. The number of carbonyl (C=O) groups is 1. The van der Waals surface area contributed by atoms with Crippen molar-refractivity contribution >= 4 is 28.3 Å². The lowest BCUT2D eigenvalue weighted by molar-refractivity contribution is 0.0939. The van der Waals surface area contributed by atoms with Gasteiger partial charge in [0.1, 0.15) is 11.4 Å². The highest BCUT2D eigenvalue weighted by Crippen LogP contribution is 2.39. The molecule has 1 aromatic carbocycles. The van der Waals surface area contributed by atoms with E-state index in [-0.39, 0.29) is 11.9 Å². The van der Waals surface area contributed by atoms with Crippen LogP contribution in [0.15, 0.2) is 43.1 Å². The van der Waals surface area contributed by atoms with Gasteiger partial charge in [0.25, 0.3) is 5.91 Å². The lowest BCUT2D eigenvalue weighted by Gasteiger charge is -2.32. The molecule has 2 unspecified atom stereocenters. The standard InChI is InChI=1S/C31H41N5O2/c1-19-8-9-23(14-26(19)32)17-34-31(37)25-13-20(2)29(28(16-25)38-5)35(4)21(3)27-15-24-7-6-12-33-30(24)36(27)18-22-10-11-22/h6-7,12-13,15-16,19,22-23,26H,3,8-11,14,17-18,32H2,1-2,4-5H3,(H,34,37)/t19?,23-,26?/m1/s1. The van der Waals surface area contributed by atoms with Gasteiger partial charge in [0.2, 0.25) is 0 Å². The minimum Gasteiger partial charge on any atom is -0.495 e. The SMILES string of the molecule is C=C(c1cc2cccnc2n1CC1CC1)N(C)c1c(C)cc(C(=O)NC[C@@H]2CCC(C)C(N)C2)cc1OC. The van der Waals surface area contributed by atoms with E-state index in [4.69, 9.17) is 10.5 Å². The summed E-state index contributed by atoms with van der Waals surface area (Å²) in [6, 6.07) is 10.2. The third-order valence-corrected chi connectivity index (χ3v) is 8.49. The molecule has 2 aromatic heterocycles. The van der Waals surface area contributed by atoms with Crippen LogP contribution in [0.3, 0.4) is 0 Å². The molecule has 3 aromatic rings. The maximum absolute atomic E-state index is 13.1. The van der Waals surface area contributed by atoms with Gasteiger partial charge in [0.15, 0.2) is 0 Å². The third kappa shape index (κ3) is 5.30. The van der Waals surface area contributed by atoms with Gasteiger partial charge in [-0.15, -0.1) is 0 Å². The van der Waals surface area contributed by atoms with Crippen LogP contribution < -0.4 is 20.7 Å². The number of nitrogens with two attached hydrogens (primary N) is 1. The van der Waals surface area contributed by atoms with Gasteiger partial charge in [0.05, 0.1) is 24.2 Å². The lowest BCUT2D eigenvalue weighted by Crippen LogP contribution is -2.39. The highest BCUT2D eigenvalue weighted by atomic mass is 16.5. The predicted molar refractivity (Wildman–Crippen MR) is 154 cm³/mol. The minimum atomic E-state index is -0.0812. The number of nitrogens with zero attached hydrogens (tertiary/aromatic N) is 3. The van der Waals surface area contributed by atoms with Gasteiger partial charge in [-0.25, -0.2) is 4.98 Å². The van der Waals surface area contributed by atoms with Crippen molar-refractivity contribution in [1.82, 2.24) is 14.9 Å². The Bertz CT molecular complexity index is 1340. The number of aromatic nitrogens is 2. The van der Waals surface area contributed by atoms with Crippen LogP contribution in [-0.2, 0) is 6.54 Å². The first-order valence-electron chi connectivity index (χ1n) is 13.9. The fourth-order valence-electron chi connectivity index (χ4n) is 5.81. The number of nitrogens with one attached hydrogen (secondary N) is 1. The van der Waals surface area contributed by atoms with Gasteiger partial charge in [0, 0.05) is 43.3 Å². The number of pyridine rings is 1. The van der Waals surface area contributed by atoms with Crippen molar-refractivity contribution < 1.29 is 9.53 Å². The molecule has 2 aliphatic carbocycles. The van der Waals surface area contributed by atoms with Crippen molar-refractivity contribution in [3.63, 3.8) is 0 Å². The van der Waals surface area contributed by atoms with Crippen LogP contribution in [0, 0.1) is 24.7 Å². The summed E-state index contributed by atoms with van der Waals surface area (Å²) in [6.45, 7) is 10.3. The van der Waals surface area contributed by atoms with E-state index in [1.165, 1.54) is 12.8 Å². The smallest absolute Gasteiger partial charge is 0.251 e. The van der Waals surface area contributed by atoms with Crippen molar-refractivity contribution in [3.8, 4) is 5.75 Å². The fourth-order valence-corrected chi connectivity index (χ4v) is 5.81. The number of carbonyl (C=O) groups excluding carboxylic acids is 1. The summed E-state index contributed by atoms with van der Waals surface area (Å²) >= 11 is 0. The number of rotatable bonds is 9. The number of hydrogen-bond donors (Lipinski definition) is 2. The Morgan fingerprint density at radius 1 is 1.24 bits per heavy atom. The summed E-state index contributed by atoms with van der Waals surface area (Å²) in [4.78, 5) is 19.8. The summed E-state index contributed by atoms with van der Waals surface area (Å²) in [5.74, 6) is 2.25. The molecular weight excluding hydrogens is 474 g/mol. The molecule has 2 aliphatic rings. The first kappa shape index (κ1) is 26.3. The maximum Gasteiger partial charge on any atom is 0.251 e. The molecule has 7 heteroatoms. The summed E-state index contributed by atoms with van der Waals surface area (Å²) in [5, 5.41) is 4.25. The molecule has 0 aliphatic heterocycles. The van der Waals surface area contributed by atoms with E-state index in [0.29, 0.717) is 35.6 Å². The Morgan fingerprint density at radius 2 is 2.00 bits per heavy atom. The molecule has 7 nitrogen and oxygen atoms in total. The largest absolute Gasteiger partial charge is 0.495 e. The highest BCUT2D eigenvalue weighted by Gasteiger charge is 2.27. The van der Waals surface area contributed by atoms with E-state index in [2.05, 4.69) is 45.4 Å². The number of amides is 1. The summed E-state index contributed by atoms with van der Waals surface area (Å²) in [7, 11) is 3.65. The van der Waals surface area contributed by atoms with Crippen LogP contribution in [0.25, 0.3) is 16.7 Å². The van der Waals surface area contributed by atoms with Crippen LogP contribution >= 0.6 is 0 Å². The second-order valence-electron chi connectivity index (χ2n) is 11.4. The maximum atomic E-state index is 13.1. The van der Waals surface area contributed by atoms with Gasteiger partial charge >= 0.3 is 0 Å². The zero-order chi connectivity index (χ0) is 27.0. The quantitative estimate of drug-likeness (QED) is 0.401. The number of hydrogen-bond acceptors (Lipinski definition) is 5. The second kappa shape index (κ2) is 10.8. The Labute approximate surface area is 226 Å². The Kier molecular flexibility index (Phi) is 7.48. The minimum absolute atomic E-state index is 0.0812. The zero-order valence-electron chi connectivity index (χ0n) is 23.2. The molecule has 5 rings (SSSR count). The van der Waals surface area contributed by atoms with Crippen LogP contribution in [-0.4, -0.2) is 42.2 Å². The number of methoxy groups -OCH3 is 1. The molecule has 3 atom stereocenters. The van der Waals surface area contributed by atoms with E-state index in [1.807, 2.05) is 38.4 Å². The normalized spacial score (nSPS) is 21.3. The fraction of sp³-hybridized carbons (Fsp3) is 0.484. The van der Waals surface area contributed by atoms with Gasteiger partial charge in [-0.05, 0) is 92.7 Å². The average Bonchev–Trinajstić information content (AvgIpc) is 3.67. The highest BCUT2D eigenvalue weighted by molar-refractivity contribution is 5.96. The molecule has 3 N–H and O–H groups in total. The molecule has 0 radical (unpaired) electrons. The van der Waals surface area contributed by atoms with Gasteiger partial charge in [-0.1, -0.05) is 13.5 Å². The van der Waals surface area contributed by atoms with Crippen molar-refractivity contribution in [3.05, 3.63) is 59.9 Å². The second-order valence-corrected chi connectivity index (χ2v) is 11.4. The van der Waals surface area contributed by atoms with Crippen molar-refractivity contribution in [2.45, 2.75) is 58.5 Å². The number of benzene rings is 1. The van der Waals surface area contributed by atoms with Gasteiger partial charge in [-0.2, -0.15) is 0 Å². The Balaban J connectivity index is 1.36. The van der Waals surface area contributed by atoms with Crippen LogP contribution in [0.5, 0.6) is 5.75 Å². The first-order chi connectivity index (χ1) is 18.3. The Hall–Kier alpha value is -3.32.